The van der Waals surface area contributed by atoms with Crippen molar-refractivity contribution in [2.24, 2.45) is 0 Å². The van der Waals surface area contributed by atoms with Crippen LogP contribution in [0, 0.1) is 0 Å². The topological polar surface area (TPSA) is 79.0 Å². The molecule has 3 aromatic rings. The van der Waals surface area contributed by atoms with Crippen molar-refractivity contribution in [1.29, 1.82) is 0 Å². The van der Waals surface area contributed by atoms with Crippen molar-refractivity contribution >= 4 is 33.2 Å². The van der Waals surface area contributed by atoms with Crippen LogP contribution in [0.25, 0.3) is 0 Å². The van der Waals surface area contributed by atoms with Gasteiger partial charge >= 0.3 is 0 Å². The first-order chi connectivity index (χ1) is 17.4. The number of amides is 1. The molecule has 2 aliphatic heterocycles. The third kappa shape index (κ3) is 5.21. The van der Waals surface area contributed by atoms with E-state index >= 15 is 0 Å². The standard InChI is InChI=1S/C27H28ClN3O4S/c28-22-11-13-23(14-12-22)36(33,34)31-19-26(35-25-10-4-3-9-24(25)31)27(32)29-17-20-7-1-2-8-21(20)18-30-15-5-6-16-30/h1-4,7-14,26H,5-6,15-19H2,(H,29,32)/t26-/m1/s1. The maximum absolute atomic E-state index is 13.5. The quantitative estimate of drug-likeness (QED) is 0.500. The molecule has 0 radical (unpaired) electrons. The van der Waals surface area contributed by atoms with Gasteiger partial charge in [-0.15, -0.1) is 0 Å². The predicted octanol–water partition coefficient (Wildman–Crippen LogP) is 4.21. The Morgan fingerprint density at radius 3 is 2.36 bits per heavy atom. The lowest BCUT2D eigenvalue weighted by Crippen LogP contribution is -2.50. The van der Waals surface area contributed by atoms with Gasteiger partial charge in [0.1, 0.15) is 5.75 Å². The summed E-state index contributed by atoms with van der Waals surface area (Å²) in [5.41, 5.74) is 2.62. The average Bonchev–Trinajstić information content (AvgIpc) is 3.40. The molecule has 1 amide bonds. The van der Waals surface area contributed by atoms with E-state index < -0.39 is 16.1 Å². The van der Waals surface area contributed by atoms with E-state index in [-0.39, 0.29) is 17.3 Å². The molecule has 2 aliphatic rings. The van der Waals surface area contributed by atoms with Crippen molar-refractivity contribution in [3.05, 3.63) is 88.9 Å². The van der Waals surface area contributed by atoms with E-state index in [2.05, 4.69) is 16.3 Å². The van der Waals surface area contributed by atoms with Crippen LogP contribution >= 0.6 is 11.6 Å². The van der Waals surface area contributed by atoms with Crippen LogP contribution in [0.4, 0.5) is 5.69 Å². The number of anilines is 1. The summed E-state index contributed by atoms with van der Waals surface area (Å²) in [5.74, 6) is -0.0207. The first-order valence-electron chi connectivity index (χ1n) is 12.0. The van der Waals surface area contributed by atoms with Crippen LogP contribution in [0.1, 0.15) is 24.0 Å². The second-order valence-electron chi connectivity index (χ2n) is 9.03. The fourth-order valence-corrected chi connectivity index (χ4v) is 6.26. The van der Waals surface area contributed by atoms with Gasteiger partial charge in [0.05, 0.1) is 17.1 Å². The minimum Gasteiger partial charge on any atom is -0.476 e. The number of benzene rings is 3. The van der Waals surface area contributed by atoms with Gasteiger partial charge in [-0.05, 0) is 73.5 Å². The zero-order valence-electron chi connectivity index (χ0n) is 19.8. The highest BCUT2D eigenvalue weighted by atomic mass is 35.5. The predicted molar refractivity (Wildman–Crippen MR) is 140 cm³/mol. The first kappa shape index (κ1) is 24.6. The molecule has 1 atom stereocenters. The first-order valence-corrected chi connectivity index (χ1v) is 13.8. The zero-order chi connectivity index (χ0) is 25.1. The number of hydrogen-bond acceptors (Lipinski definition) is 5. The van der Waals surface area contributed by atoms with E-state index in [1.165, 1.54) is 47.0 Å². The Morgan fingerprint density at radius 2 is 1.61 bits per heavy atom. The second kappa shape index (κ2) is 10.5. The summed E-state index contributed by atoms with van der Waals surface area (Å²) < 4.78 is 34.2. The van der Waals surface area contributed by atoms with Crippen molar-refractivity contribution < 1.29 is 17.9 Å². The van der Waals surface area contributed by atoms with Crippen LogP contribution in [-0.4, -0.2) is 45.0 Å². The number of rotatable bonds is 7. The lowest BCUT2D eigenvalue weighted by Gasteiger charge is -2.34. The van der Waals surface area contributed by atoms with Gasteiger partial charge in [-0.2, -0.15) is 0 Å². The largest absolute Gasteiger partial charge is 0.476 e. The fourth-order valence-electron chi connectivity index (χ4n) is 4.66. The molecule has 188 valence electrons. The maximum Gasteiger partial charge on any atom is 0.264 e. The van der Waals surface area contributed by atoms with Gasteiger partial charge in [-0.25, -0.2) is 8.42 Å². The van der Waals surface area contributed by atoms with Crippen LogP contribution in [0.5, 0.6) is 5.75 Å². The van der Waals surface area contributed by atoms with Crippen molar-refractivity contribution in [3.8, 4) is 5.75 Å². The van der Waals surface area contributed by atoms with Crippen molar-refractivity contribution in [1.82, 2.24) is 10.2 Å². The highest BCUT2D eigenvalue weighted by molar-refractivity contribution is 7.92. The molecule has 0 unspecified atom stereocenters. The molecule has 1 fully saturated rings. The Morgan fingerprint density at radius 1 is 0.944 bits per heavy atom. The van der Waals surface area contributed by atoms with Crippen molar-refractivity contribution in [2.45, 2.75) is 36.9 Å². The lowest BCUT2D eigenvalue weighted by molar-refractivity contribution is -0.127. The molecule has 2 heterocycles. The number of halogens is 1. The highest BCUT2D eigenvalue weighted by Crippen LogP contribution is 2.37. The van der Waals surface area contributed by atoms with Crippen LogP contribution in [0.3, 0.4) is 0 Å². The van der Waals surface area contributed by atoms with E-state index in [0.717, 1.165) is 25.2 Å². The zero-order valence-corrected chi connectivity index (χ0v) is 21.3. The second-order valence-corrected chi connectivity index (χ2v) is 11.3. The Bertz CT molecular complexity index is 1340. The minimum atomic E-state index is -3.94. The van der Waals surface area contributed by atoms with Gasteiger partial charge in [-0.3, -0.25) is 14.0 Å². The van der Waals surface area contributed by atoms with Gasteiger partial charge in [0.15, 0.2) is 6.10 Å². The van der Waals surface area contributed by atoms with Crippen molar-refractivity contribution in [3.63, 3.8) is 0 Å². The lowest BCUT2D eigenvalue weighted by atomic mass is 10.1. The molecular formula is C27H28ClN3O4S. The van der Waals surface area contributed by atoms with Crippen LogP contribution < -0.4 is 14.4 Å². The summed E-state index contributed by atoms with van der Waals surface area (Å²) >= 11 is 5.95. The molecule has 5 rings (SSSR count). The summed E-state index contributed by atoms with van der Waals surface area (Å²) in [6, 6.07) is 20.9. The molecule has 7 nitrogen and oxygen atoms in total. The van der Waals surface area contributed by atoms with E-state index in [1.807, 2.05) is 18.2 Å². The summed E-state index contributed by atoms with van der Waals surface area (Å²) in [6.45, 7) is 3.24. The molecule has 1 N–H and O–H groups in total. The third-order valence-electron chi connectivity index (χ3n) is 6.59. The smallest absolute Gasteiger partial charge is 0.264 e. The fraction of sp³-hybridized carbons (Fsp3) is 0.296. The molecule has 36 heavy (non-hydrogen) atoms. The Kier molecular flexibility index (Phi) is 7.18. The number of carbonyl (C=O) groups excluding carboxylic acids is 1. The molecule has 0 saturated carbocycles. The van der Waals surface area contributed by atoms with E-state index in [9.17, 15) is 13.2 Å². The molecule has 9 heteroatoms. The SMILES string of the molecule is O=C(NCc1ccccc1CN1CCCC1)[C@H]1CN(S(=O)(=O)c2ccc(Cl)cc2)c2ccccc2O1. The molecule has 0 aromatic heterocycles. The van der Waals surface area contributed by atoms with Gasteiger partial charge in [-0.1, -0.05) is 48.0 Å². The molecule has 3 aromatic carbocycles. The summed E-state index contributed by atoms with van der Waals surface area (Å²) in [5, 5.41) is 3.41. The number of likely N-dealkylation sites (tertiary alicyclic amines) is 1. The number of ether oxygens (including phenoxy) is 1. The van der Waals surface area contributed by atoms with Gasteiger partial charge in [0.2, 0.25) is 0 Å². The summed E-state index contributed by atoms with van der Waals surface area (Å²) in [4.78, 5) is 15.7. The van der Waals surface area contributed by atoms with Crippen LogP contribution in [0.2, 0.25) is 5.02 Å². The number of nitrogens with zero attached hydrogens (tertiary/aromatic N) is 2. The molecule has 1 saturated heterocycles. The number of carbonyl (C=O) groups is 1. The van der Waals surface area contributed by atoms with Gasteiger partial charge in [0, 0.05) is 18.1 Å². The van der Waals surface area contributed by atoms with Crippen molar-refractivity contribution in [2.75, 3.05) is 23.9 Å². The van der Waals surface area contributed by atoms with E-state index in [4.69, 9.17) is 16.3 Å². The van der Waals surface area contributed by atoms with Gasteiger partial charge < -0.3 is 10.1 Å². The Balaban J connectivity index is 1.34. The van der Waals surface area contributed by atoms with E-state index in [1.54, 1.807) is 24.3 Å². The number of hydrogen-bond donors (Lipinski definition) is 1. The van der Waals surface area contributed by atoms with E-state index in [0.29, 0.717) is 23.0 Å². The molecule has 0 aliphatic carbocycles. The monoisotopic (exact) mass is 525 g/mol. The number of nitrogens with one attached hydrogen (secondary N) is 1. The maximum atomic E-state index is 13.5. The average molecular weight is 526 g/mol. The Hall–Kier alpha value is -3.07. The molecule has 0 bridgehead atoms. The van der Waals surface area contributed by atoms with Gasteiger partial charge in [0.25, 0.3) is 15.9 Å². The highest BCUT2D eigenvalue weighted by Gasteiger charge is 2.37. The Labute approximate surface area is 216 Å². The van der Waals surface area contributed by atoms with Crippen LogP contribution in [0.15, 0.2) is 77.7 Å². The summed E-state index contributed by atoms with van der Waals surface area (Å²) in [6.07, 6.45) is 1.44. The third-order valence-corrected chi connectivity index (χ3v) is 8.64. The van der Waals surface area contributed by atoms with Crippen LogP contribution in [-0.2, 0) is 27.9 Å². The number of fused-ring (bicyclic) bond motifs is 1. The normalized spacial score (nSPS) is 17.9. The molecular weight excluding hydrogens is 498 g/mol. The summed E-state index contributed by atoms with van der Waals surface area (Å²) in [7, 11) is -3.94. The molecule has 0 spiro atoms. The number of sulfonamides is 1. The number of para-hydroxylation sites is 2. The minimum absolute atomic E-state index is 0.0959.